The average Bonchev–Trinajstić information content (AvgIpc) is 2.32. The lowest BCUT2D eigenvalue weighted by Crippen LogP contribution is -2.36. The molecular weight excluding hydrogens is 230 g/mol. The Labute approximate surface area is 111 Å². The van der Waals surface area contributed by atoms with E-state index >= 15 is 0 Å². The van der Waals surface area contributed by atoms with Crippen LogP contribution in [0.25, 0.3) is 0 Å². The van der Waals surface area contributed by atoms with Gasteiger partial charge in [0.2, 0.25) is 0 Å². The zero-order valence-electron chi connectivity index (χ0n) is 12.0. The Kier molecular flexibility index (Phi) is 10.6. The van der Waals surface area contributed by atoms with Crippen LogP contribution in [0.3, 0.4) is 0 Å². The van der Waals surface area contributed by atoms with Gasteiger partial charge in [0.25, 0.3) is 6.47 Å². The first kappa shape index (κ1) is 17.1. The van der Waals surface area contributed by atoms with Crippen molar-refractivity contribution in [3.8, 4) is 0 Å². The van der Waals surface area contributed by atoms with Gasteiger partial charge < -0.3 is 4.74 Å². The quantitative estimate of drug-likeness (QED) is 0.504. The number of carbonyl (C=O) groups is 2. The number of nitrogens with zero attached hydrogens (tertiary/aromatic N) is 1. The zero-order chi connectivity index (χ0) is 13.8. The lowest BCUT2D eigenvalue weighted by molar-refractivity contribution is -0.136. The van der Waals surface area contributed by atoms with Crippen LogP contribution in [-0.2, 0) is 14.3 Å². The molecule has 0 spiro atoms. The number of hydrogen-bond donors (Lipinski definition) is 0. The Morgan fingerprint density at radius 2 is 1.78 bits per heavy atom. The molecule has 0 N–H and O–H groups in total. The number of carbonyl (C=O) groups excluding carboxylic acids is 2. The van der Waals surface area contributed by atoms with Gasteiger partial charge in [-0.15, -0.1) is 0 Å². The summed E-state index contributed by atoms with van der Waals surface area (Å²) in [7, 11) is 0. The van der Waals surface area contributed by atoms with E-state index in [1.165, 1.54) is 6.92 Å². The molecule has 0 radical (unpaired) electrons. The molecule has 1 atom stereocenters. The number of hydrogen-bond acceptors (Lipinski definition) is 4. The van der Waals surface area contributed by atoms with Crippen LogP contribution in [0.15, 0.2) is 0 Å². The van der Waals surface area contributed by atoms with Crippen LogP contribution < -0.4 is 0 Å². The van der Waals surface area contributed by atoms with E-state index in [0.29, 0.717) is 19.4 Å². The van der Waals surface area contributed by atoms with Gasteiger partial charge in [0, 0.05) is 13.0 Å². The maximum Gasteiger partial charge on any atom is 0.293 e. The minimum Gasteiger partial charge on any atom is -0.463 e. The third-order valence-electron chi connectivity index (χ3n) is 2.88. The second kappa shape index (κ2) is 11.2. The van der Waals surface area contributed by atoms with Crippen molar-refractivity contribution >= 4 is 12.3 Å². The summed E-state index contributed by atoms with van der Waals surface area (Å²) in [6.07, 6.45) is 4.58. The molecule has 0 aromatic carbocycles. The summed E-state index contributed by atoms with van der Waals surface area (Å²) in [5.74, 6) is 0.0628. The summed E-state index contributed by atoms with van der Waals surface area (Å²) in [6, 6.07) is 0. The van der Waals surface area contributed by atoms with Crippen molar-refractivity contribution < 1.29 is 14.3 Å². The molecule has 0 heterocycles. The van der Waals surface area contributed by atoms with E-state index in [-0.39, 0.29) is 11.9 Å². The fourth-order valence-electron chi connectivity index (χ4n) is 1.90. The molecule has 0 bridgehead atoms. The lowest BCUT2D eigenvalue weighted by Gasteiger charge is -2.26. The highest BCUT2D eigenvalue weighted by Gasteiger charge is 2.16. The van der Waals surface area contributed by atoms with E-state index in [0.717, 1.165) is 38.8 Å². The molecule has 0 rings (SSSR count). The molecule has 4 heteroatoms. The van der Waals surface area contributed by atoms with Gasteiger partial charge in [-0.2, -0.15) is 0 Å². The van der Waals surface area contributed by atoms with Gasteiger partial charge in [0.15, 0.2) is 0 Å². The van der Waals surface area contributed by atoms with Gasteiger partial charge in [-0.05, 0) is 32.9 Å². The SMILES string of the molecule is CCCCN(CCCC)CC(CC(C)=O)OC=O. The molecule has 106 valence electrons. The summed E-state index contributed by atoms with van der Waals surface area (Å²) < 4.78 is 5.00. The number of ether oxygens (including phenoxy) is 1. The molecule has 1 unspecified atom stereocenters. The normalized spacial score (nSPS) is 12.4. The monoisotopic (exact) mass is 257 g/mol. The average molecular weight is 257 g/mol. The minimum absolute atomic E-state index is 0.0628. The Morgan fingerprint density at radius 1 is 1.22 bits per heavy atom. The van der Waals surface area contributed by atoms with E-state index in [1.807, 2.05) is 0 Å². The summed E-state index contributed by atoms with van der Waals surface area (Å²) in [6.45, 7) is 8.98. The molecule has 0 saturated carbocycles. The Hall–Kier alpha value is -0.900. The van der Waals surface area contributed by atoms with Crippen molar-refractivity contribution in [2.24, 2.45) is 0 Å². The third kappa shape index (κ3) is 9.16. The van der Waals surface area contributed by atoms with Crippen LogP contribution in [-0.4, -0.2) is 42.9 Å². The molecule has 0 saturated heterocycles. The van der Waals surface area contributed by atoms with Crippen molar-refractivity contribution in [3.05, 3.63) is 0 Å². The molecule has 4 nitrogen and oxygen atoms in total. The molecule has 0 fully saturated rings. The van der Waals surface area contributed by atoms with Gasteiger partial charge in [-0.3, -0.25) is 14.5 Å². The van der Waals surface area contributed by atoms with E-state index < -0.39 is 0 Å². The number of ketones is 1. The standard InChI is InChI=1S/C14H27NO3/c1-4-6-8-15(9-7-5-2)11-14(18-12-16)10-13(3)17/h12,14H,4-11H2,1-3H3. The van der Waals surface area contributed by atoms with Crippen LogP contribution in [0.1, 0.15) is 52.9 Å². The summed E-state index contributed by atoms with van der Waals surface area (Å²) in [5.41, 5.74) is 0. The number of Topliss-reactive ketones (excluding diaryl/α,β-unsaturated/α-hetero) is 1. The van der Waals surface area contributed by atoms with E-state index in [9.17, 15) is 9.59 Å². The summed E-state index contributed by atoms with van der Waals surface area (Å²) >= 11 is 0. The third-order valence-corrected chi connectivity index (χ3v) is 2.88. The minimum atomic E-state index is -0.297. The maximum atomic E-state index is 11.1. The van der Waals surface area contributed by atoms with Crippen LogP contribution in [0.4, 0.5) is 0 Å². The largest absolute Gasteiger partial charge is 0.463 e. The Balaban J connectivity index is 4.26. The second-order valence-electron chi connectivity index (χ2n) is 4.77. The van der Waals surface area contributed by atoms with Crippen LogP contribution >= 0.6 is 0 Å². The highest BCUT2D eigenvalue weighted by atomic mass is 16.5. The van der Waals surface area contributed by atoms with Crippen molar-refractivity contribution in [3.63, 3.8) is 0 Å². The second-order valence-corrected chi connectivity index (χ2v) is 4.77. The van der Waals surface area contributed by atoms with Gasteiger partial charge in [0.05, 0.1) is 0 Å². The fraction of sp³-hybridized carbons (Fsp3) is 0.857. The molecule has 18 heavy (non-hydrogen) atoms. The van der Waals surface area contributed by atoms with E-state index in [2.05, 4.69) is 18.7 Å². The first-order valence-corrected chi connectivity index (χ1v) is 6.94. The van der Waals surface area contributed by atoms with Gasteiger partial charge in [-0.25, -0.2) is 0 Å². The lowest BCUT2D eigenvalue weighted by atomic mass is 10.1. The van der Waals surface area contributed by atoms with Crippen LogP contribution in [0, 0.1) is 0 Å². The smallest absolute Gasteiger partial charge is 0.293 e. The highest BCUT2D eigenvalue weighted by molar-refractivity contribution is 5.76. The van der Waals surface area contributed by atoms with Gasteiger partial charge >= 0.3 is 0 Å². The van der Waals surface area contributed by atoms with Crippen molar-refractivity contribution in [1.29, 1.82) is 0 Å². The van der Waals surface area contributed by atoms with E-state index in [1.54, 1.807) is 0 Å². The van der Waals surface area contributed by atoms with E-state index in [4.69, 9.17) is 4.74 Å². The maximum absolute atomic E-state index is 11.1. The van der Waals surface area contributed by atoms with Crippen molar-refractivity contribution in [1.82, 2.24) is 4.90 Å². The molecular formula is C14H27NO3. The predicted octanol–water partition coefficient (Wildman–Crippen LogP) is 2.41. The first-order valence-electron chi connectivity index (χ1n) is 6.94. The Morgan fingerprint density at radius 3 is 2.17 bits per heavy atom. The molecule has 0 aromatic heterocycles. The number of unbranched alkanes of at least 4 members (excludes halogenated alkanes) is 2. The number of rotatable bonds is 12. The highest BCUT2D eigenvalue weighted by Crippen LogP contribution is 2.06. The summed E-state index contributed by atoms with van der Waals surface area (Å²) in [4.78, 5) is 23.9. The Bertz CT molecular complexity index is 223. The molecule has 0 aliphatic heterocycles. The zero-order valence-corrected chi connectivity index (χ0v) is 12.0. The van der Waals surface area contributed by atoms with Crippen molar-refractivity contribution in [2.75, 3.05) is 19.6 Å². The summed E-state index contributed by atoms with van der Waals surface area (Å²) in [5, 5.41) is 0. The first-order chi connectivity index (χ1) is 8.63. The molecule has 0 aromatic rings. The van der Waals surface area contributed by atoms with Crippen LogP contribution in [0.5, 0.6) is 0 Å². The topological polar surface area (TPSA) is 46.6 Å². The molecule has 0 aliphatic rings. The molecule has 0 aliphatic carbocycles. The van der Waals surface area contributed by atoms with Gasteiger partial charge in [-0.1, -0.05) is 26.7 Å². The van der Waals surface area contributed by atoms with Crippen LogP contribution in [0.2, 0.25) is 0 Å². The van der Waals surface area contributed by atoms with Crippen molar-refractivity contribution in [2.45, 2.75) is 59.0 Å². The van der Waals surface area contributed by atoms with Gasteiger partial charge in [0.1, 0.15) is 11.9 Å². The molecule has 0 amide bonds. The predicted molar refractivity (Wildman–Crippen MR) is 72.5 cm³/mol. The fourth-order valence-corrected chi connectivity index (χ4v) is 1.90.